The Morgan fingerprint density at radius 1 is 1.02 bits per heavy atom. The van der Waals surface area contributed by atoms with Gasteiger partial charge in [0.2, 0.25) is 5.95 Å². The van der Waals surface area contributed by atoms with E-state index in [0.29, 0.717) is 46.7 Å². The number of phenols is 1. The average molecular weight is 531 g/mol. The molecule has 5 aromatic rings. The standard InChI is InChI=1S/C31H26N6O3/c1-20-27(30(39)34-24-10-6-16-32-18-24)28(22-12-14-26(15-13-22)40-19-21-7-3-2-4-8-21)37-31(33-20)35-29(36-37)23-9-5-11-25(38)17-23/h2-18,28,38H,19H2,1H3,(H,34,39)(H,33,35,36). The number of nitrogens with zero attached hydrogens (tertiary/aromatic N) is 4. The van der Waals surface area contributed by atoms with Crippen molar-refractivity contribution < 1.29 is 14.6 Å². The van der Waals surface area contributed by atoms with Gasteiger partial charge in [-0.2, -0.15) is 4.98 Å². The SMILES string of the molecule is CC1=C(C(=O)Nc2cccnc2)C(c2ccc(OCc3ccccc3)cc2)n2nc(-c3cccc(O)c3)nc2N1. The van der Waals surface area contributed by atoms with Crippen LogP contribution < -0.4 is 15.4 Å². The average Bonchev–Trinajstić information content (AvgIpc) is 3.40. The van der Waals surface area contributed by atoms with Gasteiger partial charge in [0.15, 0.2) is 5.82 Å². The highest BCUT2D eigenvalue weighted by Crippen LogP contribution is 2.37. The van der Waals surface area contributed by atoms with E-state index in [0.717, 1.165) is 11.1 Å². The van der Waals surface area contributed by atoms with E-state index in [1.165, 1.54) is 0 Å². The lowest BCUT2D eigenvalue weighted by molar-refractivity contribution is -0.113. The number of fused-ring (bicyclic) bond motifs is 1. The Hall–Kier alpha value is -5.44. The minimum absolute atomic E-state index is 0.117. The van der Waals surface area contributed by atoms with Crippen LogP contribution in [0.1, 0.15) is 24.1 Å². The van der Waals surface area contributed by atoms with Crippen molar-refractivity contribution in [2.24, 2.45) is 0 Å². The molecule has 0 spiro atoms. The number of anilines is 2. The number of aromatic nitrogens is 4. The highest BCUT2D eigenvalue weighted by atomic mass is 16.5. The zero-order valence-corrected chi connectivity index (χ0v) is 21.7. The van der Waals surface area contributed by atoms with Gasteiger partial charge in [0.1, 0.15) is 24.1 Å². The summed E-state index contributed by atoms with van der Waals surface area (Å²) in [6.07, 6.45) is 3.25. The number of nitrogens with one attached hydrogen (secondary N) is 2. The maximum Gasteiger partial charge on any atom is 0.255 e. The van der Waals surface area contributed by atoms with Crippen LogP contribution in [0.5, 0.6) is 11.5 Å². The van der Waals surface area contributed by atoms with Crippen molar-refractivity contribution in [2.75, 3.05) is 10.6 Å². The Morgan fingerprint density at radius 3 is 2.60 bits per heavy atom. The molecular formula is C31H26N6O3. The molecule has 0 fully saturated rings. The number of benzene rings is 3. The predicted octanol–water partition coefficient (Wildman–Crippen LogP) is 5.55. The molecule has 198 valence electrons. The molecule has 3 N–H and O–H groups in total. The molecule has 1 amide bonds. The van der Waals surface area contributed by atoms with E-state index >= 15 is 0 Å². The topological polar surface area (TPSA) is 114 Å². The second-order valence-electron chi connectivity index (χ2n) is 9.36. The van der Waals surface area contributed by atoms with Gasteiger partial charge in [-0.15, -0.1) is 5.10 Å². The van der Waals surface area contributed by atoms with Crippen molar-refractivity contribution in [2.45, 2.75) is 19.6 Å². The Labute approximate surface area is 230 Å². The normalized spacial score (nSPS) is 14.3. The fourth-order valence-corrected chi connectivity index (χ4v) is 4.64. The largest absolute Gasteiger partial charge is 0.508 e. The molecule has 1 atom stereocenters. The van der Waals surface area contributed by atoms with Crippen molar-refractivity contribution in [3.05, 3.63) is 126 Å². The summed E-state index contributed by atoms with van der Waals surface area (Å²) in [6, 6.07) is 27.3. The number of hydrogen-bond acceptors (Lipinski definition) is 7. The van der Waals surface area contributed by atoms with Crippen molar-refractivity contribution >= 4 is 17.5 Å². The summed E-state index contributed by atoms with van der Waals surface area (Å²) in [6.45, 7) is 2.29. The first-order valence-electron chi connectivity index (χ1n) is 12.8. The molecule has 9 heteroatoms. The van der Waals surface area contributed by atoms with Crippen molar-refractivity contribution in [1.29, 1.82) is 0 Å². The van der Waals surface area contributed by atoms with E-state index in [9.17, 15) is 9.90 Å². The van der Waals surface area contributed by atoms with Gasteiger partial charge in [0, 0.05) is 17.5 Å². The Kier molecular flexibility index (Phi) is 6.68. The van der Waals surface area contributed by atoms with E-state index in [2.05, 4.69) is 20.6 Å². The third-order valence-electron chi connectivity index (χ3n) is 6.57. The summed E-state index contributed by atoms with van der Waals surface area (Å²) in [7, 11) is 0. The van der Waals surface area contributed by atoms with Crippen LogP contribution in [0.3, 0.4) is 0 Å². The molecule has 1 aliphatic heterocycles. The van der Waals surface area contributed by atoms with Gasteiger partial charge in [-0.1, -0.05) is 54.6 Å². The van der Waals surface area contributed by atoms with Crippen LogP contribution in [0, 0.1) is 0 Å². The summed E-state index contributed by atoms with van der Waals surface area (Å²) >= 11 is 0. The maximum atomic E-state index is 13.7. The van der Waals surface area contributed by atoms with Gasteiger partial charge in [0.25, 0.3) is 5.91 Å². The third-order valence-corrected chi connectivity index (χ3v) is 6.57. The van der Waals surface area contributed by atoms with Gasteiger partial charge in [0.05, 0.1) is 17.5 Å². The zero-order chi connectivity index (χ0) is 27.5. The Bertz CT molecular complexity index is 1680. The van der Waals surface area contributed by atoms with Crippen molar-refractivity contribution in [3.8, 4) is 22.9 Å². The number of amides is 1. The molecule has 1 unspecified atom stereocenters. The van der Waals surface area contributed by atoms with Crippen LogP contribution in [-0.2, 0) is 11.4 Å². The first kappa shape index (κ1) is 24.9. The highest BCUT2D eigenvalue weighted by Gasteiger charge is 2.34. The number of carbonyl (C=O) groups excluding carboxylic acids is 1. The molecular weight excluding hydrogens is 504 g/mol. The number of carbonyl (C=O) groups is 1. The molecule has 3 aromatic carbocycles. The second kappa shape index (κ2) is 10.7. The monoisotopic (exact) mass is 530 g/mol. The summed E-state index contributed by atoms with van der Waals surface area (Å²) < 4.78 is 7.68. The van der Waals surface area contributed by atoms with Crippen LogP contribution in [-0.4, -0.2) is 30.8 Å². The van der Waals surface area contributed by atoms with Gasteiger partial charge in [-0.25, -0.2) is 4.68 Å². The van der Waals surface area contributed by atoms with E-state index < -0.39 is 6.04 Å². The molecule has 2 aromatic heterocycles. The molecule has 3 heterocycles. The van der Waals surface area contributed by atoms with Crippen LogP contribution in [0.25, 0.3) is 11.4 Å². The Morgan fingerprint density at radius 2 is 1.85 bits per heavy atom. The van der Waals surface area contributed by atoms with Crippen molar-refractivity contribution in [3.63, 3.8) is 0 Å². The van der Waals surface area contributed by atoms with E-state index in [-0.39, 0.29) is 11.7 Å². The van der Waals surface area contributed by atoms with Gasteiger partial charge in [-0.05, 0) is 54.4 Å². The first-order valence-corrected chi connectivity index (χ1v) is 12.8. The summed E-state index contributed by atoms with van der Waals surface area (Å²) in [5.41, 5.74) is 4.29. The lowest BCUT2D eigenvalue weighted by atomic mass is 9.95. The number of rotatable bonds is 7. The molecule has 0 saturated heterocycles. The highest BCUT2D eigenvalue weighted by molar-refractivity contribution is 6.06. The fraction of sp³-hybridized carbons (Fsp3) is 0.0968. The maximum absolute atomic E-state index is 13.7. The lowest BCUT2D eigenvalue weighted by Crippen LogP contribution is -2.31. The minimum Gasteiger partial charge on any atom is -0.508 e. The first-order chi connectivity index (χ1) is 19.5. The molecule has 0 aliphatic carbocycles. The van der Waals surface area contributed by atoms with Gasteiger partial charge >= 0.3 is 0 Å². The molecule has 0 bridgehead atoms. The predicted molar refractivity (Wildman–Crippen MR) is 152 cm³/mol. The number of hydrogen-bond donors (Lipinski definition) is 3. The van der Waals surface area contributed by atoms with Crippen LogP contribution >= 0.6 is 0 Å². The molecule has 6 rings (SSSR count). The van der Waals surface area contributed by atoms with E-state index in [4.69, 9.17) is 9.84 Å². The number of ether oxygens (including phenoxy) is 1. The van der Waals surface area contributed by atoms with Crippen LogP contribution in [0.4, 0.5) is 11.6 Å². The smallest absolute Gasteiger partial charge is 0.255 e. The molecule has 1 aliphatic rings. The third kappa shape index (κ3) is 5.12. The molecule has 40 heavy (non-hydrogen) atoms. The summed E-state index contributed by atoms with van der Waals surface area (Å²) in [5, 5.41) is 20.9. The quantitative estimate of drug-likeness (QED) is 0.253. The molecule has 0 saturated carbocycles. The molecule has 0 radical (unpaired) electrons. The number of phenolic OH excluding ortho intramolecular Hbond substituents is 1. The number of allylic oxidation sites excluding steroid dienone is 1. The Balaban J connectivity index is 1.36. The second-order valence-corrected chi connectivity index (χ2v) is 9.36. The number of aromatic hydroxyl groups is 1. The fourth-order valence-electron chi connectivity index (χ4n) is 4.64. The summed E-state index contributed by atoms with van der Waals surface area (Å²) in [5.74, 6) is 1.46. The molecule has 9 nitrogen and oxygen atoms in total. The van der Waals surface area contributed by atoms with Crippen molar-refractivity contribution in [1.82, 2.24) is 19.7 Å². The van der Waals surface area contributed by atoms with E-state index in [1.807, 2.05) is 67.6 Å². The van der Waals surface area contributed by atoms with Gasteiger partial charge in [-0.3, -0.25) is 9.78 Å². The minimum atomic E-state index is -0.574. The van der Waals surface area contributed by atoms with Crippen LogP contribution in [0.2, 0.25) is 0 Å². The van der Waals surface area contributed by atoms with Crippen LogP contribution in [0.15, 0.2) is 115 Å². The van der Waals surface area contributed by atoms with Gasteiger partial charge < -0.3 is 20.5 Å². The lowest BCUT2D eigenvalue weighted by Gasteiger charge is -2.28. The number of pyridine rings is 1. The summed E-state index contributed by atoms with van der Waals surface area (Å²) in [4.78, 5) is 22.4. The zero-order valence-electron chi connectivity index (χ0n) is 21.7. The van der Waals surface area contributed by atoms with E-state index in [1.54, 1.807) is 47.4 Å².